The summed E-state index contributed by atoms with van der Waals surface area (Å²) < 4.78 is 84.0. The minimum absolute atomic E-state index is 0.0668. The third-order valence-electron chi connectivity index (χ3n) is 11.7. The van der Waals surface area contributed by atoms with Crippen LogP contribution >= 0.6 is 0 Å². The molecule has 0 aliphatic carbocycles. The van der Waals surface area contributed by atoms with E-state index in [-0.39, 0.29) is 67.4 Å². The van der Waals surface area contributed by atoms with Crippen LogP contribution in [0.4, 0.5) is 0 Å². The Labute approximate surface area is 598 Å². The first-order valence-electron chi connectivity index (χ1n) is 31.9. The fourth-order valence-corrected chi connectivity index (χ4v) is 6.85. The second-order valence-electron chi connectivity index (χ2n) is 20.1. The van der Waals surface area contributed by atoms with Crippen molar-refractivity contribution in [2.75, 3.05) is 26.9 Å². The average molecular weight is 1460 g/mol. The predicted molar refractivity (Wildman–Crippen MR) is 363 cm³/mol. The van der Waals surface area contributed by atoms with E-state index in [1.54, 1.807) is 106 Å². The summed E-state index contributed by atoms with van der Waals surface area (Å²) in [7, 11) is 1.57. The van der Waals surface area contributed by atoms with E-state index in [2.05, 4.69) is 16.4 Å². The maximum absolute atomic E-state index is 11.0. The van der Waals surface area contributed by atoms with Crippen molar-refractivity contribution in [1.82, 2.24) is 0 Å². The summed E-state index contributed by atoms with van der Waals surface area (Å²) in [6.07, 6.45) is 10.5. The lowest BCUT2D eigenvalue weighted by Crippen LogP contribution is -2.02. The first-order valence-corrected chi connectivity index (χ1v) is 31.9. The molecule has 0 saturated carbocycles. The number of esters is 3. The van der Waals surface area contributed by atoms with Gasteiger partial charge in [0.1, 0.15) is 105 Å². The zero-order chi connectivity index (χ0) is 77.0. The molecule has 0 aliphatic rings. The lowest BCUT2D eigenvalue weighted by atomic mass is 10.3. The minimum atomic E-state index is -0.376. The van der Waals surface area contributed by atoms with Crippen molar-refractivity contribution in [1.29, 1.82) is 0 Å². The number of furan rings is 9. The van der Waals surface area contributed by atoms with Crippen molar-refractivity contribution in [2.45, 2.75) is 140 Å². The van der Waals surface area contributed by atoms with Gasteiger partial charge in [-0.05, 0) is 142 Å². The SMILES string of the molecule is CC(=O)OCc1ccc(C=O)o1.CCC(=O)OCc1ccc(C=O)o1.CCCC(=O)OCc1ccc(C=O)o1.CCCCOCc1ccc(C=O)o1.CCCOCc1ccc(C=O)o1.CCOCc1ccc(C=O)o1.COCc1ccc(C=O)o1.Cc1ccc(C=O)o1.O=COCc1ccc(C=O)o1. The quantitative estimate of drug-likeness (QED) is 0.0154. The highest BCUT2D eigenvalue weighted by Crippen LogP contribution is 2.13. The third kappa shape index (κ3) is 43.0. The van der Waals surface area contributed by atoms with E-state index in [4.69, 9.17) is 68.2 Å². The molecule has 0 radical (unpaired) electrons. The molecule has 104 heavy (non-hydrogen) atoms. The predicted octanol–water partition coefficient (Wildman–Crippen LogP) is 14.1. The molecule has 0 atom stereocenters. The topological polar surface area (TPSA) is 414 Å². The van der Waals surface area contributed by atoms with E-state index in [9.17, 15) is 62.3 Å². The Morgan fingerprint density at radius 2 is 0.644 bits per heavy atom. The van der Waals surface area contributed by atoms with Gasteiger partial charge in [0.2, 0.25) is 0 Å². The summed E-state index contributed by atoms with van der Waals surface area (Å²) in [5.41, 5.74) is 0. The number of aldehydes is 9. The molecular formula is C74H86O30. The van der Waals surface area contributed by atoms with E-state index >= 15 is 0 Å². The molecule has 9 aromatic heterocycles. The lowest BCUT2D eigenvalue weighted by molar-refractivity contribution is -0.146. The minimum Gasteiger partial charge on any atom is -0.460 e. The van der Waals surface area contributed by atoms with Crippen molar-refractivity contribution >= 4 is 81.0 Å². The fourth-order valence-electron chi connectivity index (χ4n) is 6.85. The number of rotatable bonds is 35. The second-order valence-corrected chi connectivity index (χ2v) is 20.1. The van der Waals surface area contributed by atoms with Crippen LogP contribution in [-0.4, -0.2) is 108 Å². The Morgan fingerprint density at radius 1 is 0.337 bits per heavy atom. The van der Waals surface area contributed by atoms with Crippen LogP contribution in [0.3, 0.4) is 0 Å². The Hall–Kier alpha value is -11.7. The van der Waals surface area contributed by atoms with Gasteiger partial charge in [-0.15, -0.1) is 0 Å². The van der Waals surface area contributed by atoms with Gasteiger partial charge in [-0.25, -0.2) is 0 Å². The number of unbranched alkanes of at least 4 members (excludes halogenated alkanes) is 1. The van der Waals surface area contributed by atoms with Crippen molar-refractivity contribution in [3.05, 3.63) is 213 Å². The maximum atomic E-state index is 11.0. The zero-order valence-corrected chi connectivity index (χ0v) is 58.9. The number of carbonyl (C=O) groups excluding carboxylic acids is 13. The summed E-state index contributed by atoms with van der Waals surface area (Å²) in [6, 6.07) is 29.4. The van der Waals surface area contributed by atoms with Crippen LogP contribution < -0.4 is 0 Å². The van der Waals surface area contributed by atoms with Gasteiger partial charge in [-0.1, -0.05) is 34.1 Å². The first kappa shape index (κ1) is 90.3. The van der Waals surface area contributed by atoms with Crippen LogP contribution in [0.15, 0.2) is 149 Å². The van der Waals surface area contributed by atoms with Gasteiger partial charge >= 0.3 is 17.9 Å². The van der Waals surface area contributed by atoms with E-state index in [1.807, 2.05) is 20.8 Å². The molecule has 9 aromatic rings. The summed E-state index contributed by atoms with van der Waals surface area (Å²) in [4.78, 5) is 133. The van der Waals surface area contributed by atoms with Crippen molar-refractivity contribution in [2.24, 2.45) is 0 Å². The summed E-state index contributed by atoms with van der Waals surface area (Å²) in [6.45, 7) is 17.3. The molecule has 562 valence electrons. The molecule has 0 N–H and O–H groups in total. The summed E-state index contributed by atoms with van der Waals surface area (Å²) >= 11 is 0. The van der Waals surface area contributed by atoms with Crippen molar-refractivity contribution in [3.8, 4) is 0 Å². The molecule has 0 saturated heterocycles. The molecule has 0 bridgehead atoms. The molecule has 0 aromatic carbocycles. The van der Waals surface area contributed by atoms with Crippen LogP contribution in [0.2, 0.25) is 0 Å². The second kappa shape index (κ2) is 58.0. The molecule has 0 aliphatic heterocycles. The van der Waals surface area contributed by atoms with Crippen molar-refractivity contribution < 1.29 is 140 Å². The smallest absolute Gasteiger partial charge is 0.306 e. The van der Waals surface area contributed by atoms with Gasteiger partial charge in [0.05, 0.1) is 0 Å². The molecule has 30 nitrogen and oxygen atoms in total. The van der Waals surface area contributed by atoms with Gasteiger partial charge in [0, 0.05) is 46.7 Å². The van der Waals surface area contributed by atoms with Gasteiger partial charge in [0.15, 0.2) is 108 Å². The highest BCUT2D eigenvalue weighted by Gasteiger charge is 2.09. The Morgan fingerprint density at radius 3 is 0.913 bits per heavy atom. The number of carbonyl (C=O) groups is 13. The van der Waals surface area contributed by atoms with Gasteiger partial charge in [-0.2, -0.15) is 0 Å². The lowest BCUT2D eigenvalue weighted by Gasteiger charge is -2.00. The molecule has 0 amide bonds. The highest BCUT2D eigenvalue weighted by atomic mass is 16.6. The number of aryl methyl sites for hydroxylation is 1. The molecule has 0 unspecified atom stereocenters. The van der Waals surface area contributed by atoms with E-state index in [0.717, 1.165) is 44.7 Å². The van der Waals surface area contributed by atoms with E-state index < -0.39 is 0 Å². The largest absolute Gasteiger partial charge is 0.460 e. The number of hydrogen-bond donors (Lipinski definition) is 0. The van der Waals surface area contributed by atoms with Crippen molar-refractivity contribution in [3.63, 3.8) is 0 Å². The zero-order valence-electron chi connectivity index (χ0n) is 58.9. The summed E-state index contributed by atoms with van der Waals surface area (Å²) in [5.74, 6) is 7.23. The number of hydrogen-bond acceptors (Lipinski definition) is 30. The van der Waals surface area contributed by atoms with Crippen LogP contribution in [0.1, 0.15) is 227 Å². The molecule has 0 fully saturated rings. The molecule has 0 spiro atoms. The van der Waals surface area contributed by atoms with Gasteiger partial charge in [0.25, 0.3) is 6.47 Å². The molecular weight excluding hydrogens is 1370 g/mol. The Balaban J connectivity index is 0.000000587. The third-order valence-corrected chi connectivity index (χ3v) is 11.7. The van der Waals surface area contributed by atoms with Crippen LogP contribution in [0.5, 0.6) is 0 Å². The number of ether oxygens (including phenoxy) is 8. The van der Waals surface area contributed by atoms with Gasteiger partial charge < -0.3 is 77.6 Å². The molecule has 9 heterocycles. The number of methoxy groups -OCH3 is 1. The molecule has 30 heteroatoms. The summed E-state index contributed by atoms with van der Waals surface area (Å²) in [5, 5.41) is 0. The van der Waals surface area contributed by atoms with Crippen LogP contribution in [0.25, 0.3) is 0 Å². The van der Waals surface area contributed by atoms with E-state index in [1.165, 1.54) is 31.2 Å². The van der Waals surface area contributed by atoms with Crippen LogP contribution in [-0.2, 0) is 110 Å². The standard InChI is InChI=1S/C10H12O4.C10H14O3.C9H10O4.C9H12O3.C8H8O4.C8H10O3.C7H6O4.C7H8O3.C6H6O2/c1-2-3-10(12)13-7-9-5-4-8(6-11)14-9;1-2-3-6-12-8-10-5-4-9(7-11)13-10;1-2-9(11)12-6-8-4-3-7(5-10)13-8;1-2-5-11-7-9-4-3-8(6-10)12-9;1-6(10)11-5-8-3-2-7(4-9)12-8;1-2-10-6-8-4-3-7(5-9)11-8;8-3-6-1-2-7(11-6)4-10-5-9;1-9-5-7-3-2-6(4-8)10-7;1-5-2-3-6(4-7)8-5/h4-6H,2-3,7H2,1H3;4-5,7H,2-3,6,8H2,1H3;3-5H,2,6H2,1H3;3-4,6H,2,5,7H2,1H3;2-4H,5H2,1H3;3-5H,2,6H2,1H3;1-3,5H,4H2;2-4H,5H2,1H3;2-4H,1H3. The monoisotopic (exact) mass is 1450 g/mol. The fraction of sp³-hybridized carbons (Fsp3) is 0.338. The molecule has 9 rings (SSSR count). The van der Waals surface area contributed by atoms with Gasteiger partial charge in [-0.3, -0.25) is 62.3 Å². The first-order chi connectivity index (χ1) is 50.4. The normalized spacial score (nSPS) is 9.69. The average Bonchev–Trinajstić information content (AvgIpc) is 2.12. The highest BCUT2D eigenvalue weighted by molar-refractivity contribution is 5.74. The van der Waals surface area contributed by atoms with E-state index in [0.29, 0.717) is 184 Å². The Bertz CT molecular complexity index is 3820. The Kier molecular flexibility index (Phi) is 50.3. The van der Waals surface area contributed by atoms with Crippen LogP contribution in [0, 0.1) is 6.92 Å². The maximum Gasteiger partial charge on any atom is 0.306 e.